The van der Waals surface area contributed by atoms with Crippen molar-refractivity contribution in [1.82, 2.24) is 9.80 Å². The van der Waals surface area contributed by atoms with Crippen LogP contribution in [0.1, 0.15) is 6.92 Å². The molecule has 0 radical (unpaired) electrons. The van der Waals surface area contributed by atoms with Crippen LogP contribution in [0.4, 0.5) is 0 Å². The van der Waals surface area contributed by atoms with Crippen molar-refractivity contribution < 1.29 is 0 Å². The van der Waals surface area contributed by atoms with E-state index in [9.17, 15) is 0 Å². The van der Waals surface area contributed by atoms with E-state index in [2.05, 4.69) is 35.8 Å². The summed E-state index contributed by atoms with van der Waals surface area (Å²) < 4.78 is 0. The van der Waals surface area contributed by atoms with Gasteiger partial charge in [0.15, 0.2) is 5.96 Å². The SMILES string of the molecule is CC1CN=C(N)N1CCN(C)C. The first-order valence-electron chi connectivity index (χ1n) is 4.32. The van der Waals surface area contributed by atoms with Crippen molar-refractivity contribution in [2.75, 3.05) is 33.7 Å². The lowest BCUT2D eigenvalue weighted by atomic mass is 10.3. The van der Waals surface area contributed by atoms with Crippen LogP contribution in [-0.4, -0.2) is 55.5 Å². The van der Waals surface area contributed by atoms with Crippen LogP contribution >= 0.6 is 0 Å². The minimum atomic E-state index is 0.477. The van der Waals surface area contributed by atoms with E-state index in [0.717, 1.165) is 19.6 Å². The molecule has 2 N–H and O–H groups in total. The average molecular weight is 170 g/mol. The van der Waals surface area contributed by atoms with Gasteiger partial charge in [-0.2, -0.15) is 0 Å². The number of likely N-dealkylation sites (N-methyl/N-ethyl adjacent to an activating group) is 1. The highest BCUT2D eigenvalue weighted by atomic mass is 15.3. The largest absolute Gasteiger partial charge is 0.370 e. The fraction of sp³-hybridized carbons (Fsp3) is 0.875. The second-order valence-electron chi connectivity index (χ2n) is 3.54. The topological polar surface area (TPSA) is 44.9 Å². The maximum absolute atomic E-state index is 5.71. The number of hydrogen-bond acceptors (Lipinski definition) is 4. The van der Waals surface area contributed by atoms with E-state index < -0.39 is 0 Å². The third-order valence-corrected chi connectivity index (χ3v) is 2.13. The number of aliphatic imine (C=N–C) groups is 1. The molecule has 0 aromatic rings. The zero-order valence-electron chi connectivity index (χ0n) is 8.12. The van der Waals surface area contributed by atoms with Crippen molar-refractivity contribution in [2.45, 2.75) is 13.0 Å². The molecule has 12 heavy (non-hydrogen) atoms. The summed E-state index contributed by atoms with van der Waals surface area (Å²) in [5, 5.41) is 0. The summed E-state index contributed by atoms with van der Waals surface area (Å²) in [6, 6.07) is 0.477. The van der Waals surface area contributed by atoms with Gasteiger partial charge in [-0.3, -0.25) is 4.99 Å². The van der Waals surface area contributed by atoms with Crippen molar-refractivity contribution in [3.8, 4) is 0 Å². The second kappa shape index (κ2) is 3.76. The normalized spacial score (nSPS) is 23.5. The standard InChI is InChI=1S/C8H18N4/c1-7-6-10-8(9)12(7)5-4-11(2)3/h7H,4-6H2,1-3H3,(H2,9,10). The molecular weight excluding hydrogens is 152 g/mol. The molecule has 0 aliphatic carbocycles. The van der Waals surface area contributed by atoms with Gasteiger partial charge in [-0.15, -0.1) is 0 Å². The molecule has 1 atom stereocenters. The Morgan fingerprint density at radius 1 is 1.67 bits per heavy atom. The zero-order chi connectivity index (χ0) is 9.14. The van der Waals surface area contributed by atoms with Gasteiger partial charge in [0.1, 0.15) is 0 Å². The van der Waals surface area contributed by atoms with Crippen LogP contribution in [0.2, 0.25) is 0 Å². The summed E-state index contributed by atoms with van der Waals surface area (Å²) in [4.78, 5) is 8.48. The lowest BCUT2D eigenvalue weighted by molar-refractivity contribution is 0.301. The molecule has 0 bridgehead atoms. The summed E-state index contributed by atoms with van der Waals surface area (Å²) in [5.41, 5.74) is 5.71. The Balaban J connectivity index is 2.35. The Morgan fingerprint density at radius 2 is 2.33 bits per heavy atom. The van der Waals surface area contributed by atoms with Crippen LogP contribution in [0.3, 0.4) is 0 Å². The molecule has 1 aliphatic heterocycles. The first kappa shape index (κ1) is 9.32. The lowest BCUT2D eigenvalue weighted by Gasteiger charge is -2.24. The fourth-order valence-electron chi connectivity index (χ4n) is 1.28. The maximum atomic E-state index is 5.71. The number of guanidine groups is 1. The highest BCUT2D eigenvalue weighted by Crippen LogP contribution is 2.06. The molecule has 0 amide bonds. The Labute approximate surface area is 74.0 Å². The van der Waals surface area contributed by atoms with Crippen LogP contribution in [0.15, 0.2) is 4.99 Å². The third-order valence-electron chi connectivity index (χ3n) is 2.13. The van der Waals surface area contributed by atoms with Gasteiger partial charge in [0.2, 0.25) is 0 Å². The van der Waals surface area contributed by atoms with Crippen molar-refractivity contribution in [3.63, 3.8) is 0 Å². The predicted molar refractivity (Wildman–Crippen MR) is 51.2 cm³/mol. The minimum absolute atomic E-state index is 0.477. The van der Waals surface area contributed by atoms with E-state index in [1.54, 1.807) is 0 Å². The van der Waals surface area contributed by atoms with E-state index in [1.807, 2.05) is 0 Å². The summed E-state index contributed by atoms with van der Waals surface area (Å²) >= 11 is 0. The molecule has 1 aliphatic rings. The number of rotatable bonds is 3. The zero-order valence-corrected chi connectivity index (χ0v) is 8.12. The quantitative estimate of drug-likeness (QED) is 0.625. The molecule has 1 rings (SSSR count). The molecule has 0 fully saturated rings. The van der Waals surface area contributed by atoms with E-state index in [-0.39, 0.29) is 0 Å². The third kappa shape index (κ3) is 2.11. The smallest absolute Gasteiger partial charge is 0.191 e. The molecule has 0 saturated carbocycles. The minimum Gasteiger partial charge on any atom is -0.370 e. The molecule has 0 spiro atoms. The van der Waals surface area contributed by atoms with E-state index in [1.165, 1.54) is 0 Å². The second-order valence-corrected chi connectivity index (χ2v) is 3.54. The maximum Gasteiger partial charge on any atom is 0.191 e. The Morgan fingerprint density at radius 3 is 2.75 bits per heavy atom. The van der Waals surface area contributed by atoms with Crippen LogP contribution in [0.5, 0.6) is 0 Å². The number of nitrogens with two attached hydrogens (primary N) is 1. The van der Waals surface area contributed by atoms with Crippen molar-refractivity contribution >= 4 is 5.96 Å². The summed E-state index contributed by atoms with van der Waals surface area (Å²) in [5.74, 6) is 0.698. The monoisotopic (exact) mass is 170 g/mol. The Bertz CT molecular complexity index is 176. The van der Waals surface area contributed by atoms with Gasteiger partial charge in [-0.05, 0) is 21.0 Å². The molecule has 70 valence electrons. The molecule has 1 unspecified atom stereocenters. The highest BCUT2D eigenvalue weighted by Gasteiger charge is 2.20. The van der Waals surface area contributed by atoms with Gasteiger partial charge in [0, 0.05) is 19.1 Å². The van der Waals surface area contributed by atoms with Gasteiger partial charge in [0.05, 0.1) is 6.54 Å². The van der Waals surface area contributed by atoms with E-state index in [0.29, 0.717) is 12.0 Å². The molecule has 0 aromatic heterocycles. The van der Waals surface area contributed by atoms with E-state index in [4.69, 9.17) is 5.73 Å². The summed E-state index contributed by atoms with van der Waals surface area (Å²) in [7, 11) is 4.13. The van der Waals surface area contributed by atoms with Crippen LogP contribution in [-0.2, 0) is 0 Å². The van der Waals surface area contributed by atoms with Crippen LogP contribution in [0, 0.1) is 0 Å². The van der Waals surface area contributed by atoms with Gasteiger partial charge in [-0.25, -0.2) is 0 Å². The van der Waals surface area contributed by atoms with Crippen LogP contribution in [0.25, 0.3) is 0 Å². The fourth-order valence-corrected chi connectivity index (χ4v) is 1.28. The molecule has 4 nitrogen and oxygen atoms in total. The van der Waals surface area contributed by atoms with E-state index >= 15 is 0 Å². The average Bonchev–Trinajstić information content (AvgIpc) is 2.28. The van der Waals surface area contributed by atoms with Gasteiger partial charge < -0.3 is 15.5 Å². The number of nitrogens with zero attached hydrogens (tertiary/aromatic N) is 3. The Kier molecular flexibility index (Phi) is 2.92. The van der Waals surface area contributed by atoms with Crippen LogP contribution < -0.4 is 5.73 Å². The van der Waals surface area contributed by atoms with Gasteiger partial charge in [0.25, 0.3) is 0 Å². The molecular formula is C8H18N4. The summed E-state index contributed by atoms with van der Waals surface area (Å²) in [6.45, 7) is 5.00. The first-order valence-corrected chi connectivity index (χ1v) is 4.32. The first-order chi connectivity index (χ1) is 5.61. The number of hydrogen-bond donors (Lipinski definition) is 1. The molecule has 4 heteroatoms. The highest BCUT2D eigenvalue weighted by molar-refractivity contribution is 5.80. The molecule has 1 heterocycles. The van der Waals surface area contributed by atoms with Gasteiger partial charge >= 0.3 is 0 Å². The van der Waals surface area contributed by atoms with Gasteiger partial charge in [-0.1, -0.05) is 0 Å². The van der Waals surface area contributed by atoms with Crippen molar-refractivity contribution in [1.29, 1.82) is 0 Å². The van der Waals surface area contributed by atoms with Crippen molar-refractivity contribution in [3.05, 3.63) is 0 Å². The molecule has 0 saturated heterocycles. The molecule has 0 aromatic carbocycles. The summed E-state index contributed by atoms with van der Waals surface area (Å²) in [6.07, 6.45) is 0. The lowest BCUT2D eigenvalue weighted by Crippen LogP contribution is -2.42. The Hall–Kier alpha value is -0.770. The van der Waals surface area contributed by atoms with Crippen molar-refractivity contribution in [2.24, 2.45) is 10.7 Å². The predicted octanol–water partition coefficient (Wildman–Crippen LogP) is -0.433.